The van der Waals surface area contributed by atoms with Crippen molar-refractivity contribution in [3.05, 3.63) is 47.6 Å². The molecule has 0 spiro atoms. The Labute approximate surface area is 245 Å². The standard InChI is InChI=1S/C33H48O8/c1-9-28-20(3)11-14-29(41-28)21(4)16-19(2)10-12-26-22(5)27(26)13-15-30-33(39-24(7)35)31(38-23(6)34)17-25(40-30)18-32(36)37-8/h10-13,15-16,19,22,25-31,33H,9,14,17-18H2,1-8H3/b12-10+,15-13+,21-16+/t19-,22-,25+,26+,27+,28-,29-,30+,31+,33+/m1/s1. The summed E-state index contributed by atoms with van der Waals surface area (Å²) in [5, 5.41) is 0. The van der Waals surface area contributed by atoms with Gasteiger partial charge in [0.15, 0.2) is 6.10 Å². The molecule has 41 heavy (non-hydrogen) atoms. The lowest BCUT2D eigenvalue weighted by Crippen LogP contribution is -2.51. The summed E-state index contributed by atoms with van der Waals surface area (Å²) >= 11 is 0. The molecule has 10 atom stereocenters. The van der Waals surface area contributed by atoms with Crippen LogP contribution in [0.2, 0.25) is 0 Å². The number of hydrogen-bond acceptors (Lipinski definition) is 8. The van der Waals surface area contributed by atoms with Gasteiger partial charge in [0, 0.05) is 20.3 Å². The second-order valence-corrected chi connectivity index (χ2v) is 11.7. The van der Waals surface area contributed by atoms with Crippen molar-refractivity contribution in [2.45, 2.75) is 111 Å². The predicted octanol–water partition coefficient (Wildman–Crippen LogP) is 5.66. The van der Waals surface area contributed by atoms with Crippen molar-refractivity contribution < 1.29 is 38.1 Å². The summed E-state index contributed by atoms with van der Waals surface area (Å²) in [4.78, 5) is 35.6. The van der Waals surface area contributed by atoms with Gasteiger partial charge in [-0.15, -0.1) is 0 Å². The van der Waals surface area contributed by atoms with Crippen LogP contribution >= 0.6 is 0 Å². The van der Waals surface area contributed by atoms with E-state index in [1.807, 2.05) is 6.08 Å². The van der Waals surface area contributed by atoms with E-state index in [1.54, 1.807) is 0 Å². The van der Waals surface area contributed by atoms with Crippen LogP contribution < -0.4 is 0 Å². The van der Waals surface area contributed by atoms with Crippen LogP contribution in [-0.2, 0) is 38.1 Å². The highest BCUT2D eigenvalue weighted by molar-refractivity contribution is 5.70. The van der Waals surface area contributed by atoms with E-state index in [1.165, 1.54) is 32.1 Å². The molecule has 8 nitrogen and oxygen atoms in total. The second-order valence-electron chi connectivity index (χ2n) is 11.7. The highest BCUT2D eigenvalue weighted by Crippen LogP contribution is 2.48. The number of carbonyl (C=O) groups excluding carboxylic acids is 3. The van der Waals surface area contributed by atoms with Gasteiger partial charge in [-0.1, -0.05) is 57.2 Å². The van der Waals surface area contributed by atoms with E-state index >= 15 is 0 Å². The van der Waals surface area contributed by atoms with Gasteiger partial charge in [-0.2, -0.15) is 0 Å². The largest absolute Gasteiger partial charge is 0.469 e. The zero-order valence-electron chi connectivity index (χ0n) is 25.8. The first-order valence-electron chi connectivity index (χ1n) is 14.9. The van der Waals surface area contributed by atoms with Gasteiger partial charge in [0.25, 0.3) is 0 Å². The van der Waals surface area contributed by atoms with E-state index in [2.05, 4.69) is 65.0 Å². The smallest absolute Gasteiger partial charge is 0.308 e. The molecule has 0 radical (unpaired) electrons. The van der Waals surface area contributed by atoms with Gasteiger partial charge < -0.3 is 23.7 Å². The Morgan fingerprint density at radius 1 is 1.05 bits per heavy atom. The first kappa shape index (κ1) is 32.8. The lowest BCUT2D eigenvalue weighted by atomic mass is 9.95. The van der Waals surface area contributed by atoms with Gasteiger partial charge in [-0.25, -0.2) is 0 Å². The monoisotopic (exact) mass is 572 g/mol. The number of ether oxygens (including phenoxy) is 5. The Kier molecular flexibility index (Phi) is 12.0. The average molecular weight is 573 g/mol. The summed E-state index contributed by atoms with van der Waals surface area (Å²) in [6.45, 7) is 13.5. The van der Waals surface area contributed by atoms with Crippen LogP contribution in [0, 0.1) is 23.7 Å². The molecular weight excluding hydrogens is 524 g/mol. The molecule has 8 heteroatoms. The number of hydrogen-bond donors (Lipinski definition) is 0. The van der Waals surface area contributed by atoms with Gasteiger partial charge >= 0.3 is 17.9 Å². The van der Waals surface area contributed by atoms with Crippen LogP contribution in [-0.4, -0.2) is 61.6 Å². The van der Waals surface area contributed by atoms with Gasteiger partial charge in [0.2, 0.25) is 0 Å². The summed E-state index contributed by atoms with van der Waals surface area (Å²) in [5.74, 6) is 0.0185. The number of esters is 3. The Morgan fingerprint density at radius 2 is 1.73 bits per heavy atom. The molecule has 0 aromatic rings. The highest BCUT2D eigenvalue weighted by atomic mass is 16.6. The minimum absolute atomic E-state index is 0.0162. The minimum atomic E-state index is -0.800. The predicted molar refractivity (Wildman–Crippen MR) is 156 cm³/mol. The van der Waals surface area contributed by atoms with Crippen molar-refractivity contribution in [1.29, 1.82) is 0 Å². The van der Waals surface area contributed by atoms with E-state index in [0.717, 1.165) is 12.8 Å². The summed E-state index contributed by atoms with van der Waals surface area (Å²) in [7, 11) is 1.32. The molecule has 228 valence electrons. The van der Waals surface area contributed by atoms with Crippen LogP contribution in [0.5, 0.6) is 0 Å². The third-order valence-electron chi connectivity index (χ3n) is 8.35. The first-order valence-corrected chi connectivity index (χ1v) is 14.9. The minimum Gasteiger partial charge on any atom is -0.469 e. The van der Waals surface area contributed by atoms with Crippen molar-refractivity contribution >= 4 is 17.9 Å². The van der Waals surface area contributed by atoms with Gasteiger partial charge in [-0.3, -0.25) is 14.4 Å². The Bertz CT molecular complexity index is 1060. The summed E-state index contributed by atoms with van der Waals surface area (Å²) in [5.41, 5.74) is 2.59. The molecule has 0 aromatic heterocycles. The topological polar surface area (TPSA) is 97.4 Å². The molecule has 0 N–H and O–H groups in total. The van der Waals surface area contributed by atoms with Crippen molar-refractivity contribution in [1.82, 2.24) is 0 Å². The Hall–Kier alpha value is -2.71. The molecule has 0 unspecified atom stereocenters. The zero-order chi connectivity index (χ0) is 30.3. The SMILES string of the molecule is CC[C@H]1O[C@@H](/C(C)=C/[C@H](C)/C=C/[C@H]2[C@@H](C)[C@@H]2/C=C/[C@@H]2O[C@H](CC(=O)OC)C[C@H](OC(C)=O)[C@H]2OC(C)=O)CC=C1C. The fourth-order valence-corrected chi connectivity index (χ4v) is 5.93. The fraction of sp³-hybridized carbons (Fsp3) is 0.667. The maximum Gasteiger partial charge on any atom is 0.308 e. The van der Waals surface area contributed by atoms with Crippen molar-refractivity contribution in [2.24, 2.45) is 23.7 Å². The number of allylic oxidation sites excluding steroid dienone is 4. The number of carbonyl (C=O) groups is 3. The van der Waals surface area contributed by atoms with Gasteiger partial charge in [-0.05, 0) is 61.5 Å². The van der Waals surface area contributed by atoms with E-state index in [4.69, 9.17) is 23.7 Å². The molecule has 3 rings (SSSR count). The van der Waals surface area contributed by atoms with Crippen LogP contribution in [0.25, 0.3) is 0 Å². The molecule has 2 fully saturated rings. The van der Waals surface area contributed by atoms with E-state index in [-0.39, 0.29) is 31.0 Å². The van der Waals surface area contributed by atoms with Gasteiger partial charge in [0.1, 0.15) is 12.2 Å². The zero-order valence-corrected chi connectivity index (χ0v) is 25.8. The molecule has 0 bridgehead atoms. The third kappa shape index (κ3) is 9.40. The fourth-order valence-electron chi connectivity index (χ4n) is 5.93. The normalized spacial score (nSPS) is 34.7. The van der Waals surface area contributed by atoms with Gasteiger partial charge in [0.05, 0.1) is 31.8 Å². The molecule has 2 heterocycles. The average Bonchev–Trinajstić information content (AvgIpc) is 3.54. The molecular formula is C33H48O8. The second kappa shape index (κ2) is 15.0. The van der Waals surface area contributed by atoms with E-state index in [9.17, 15) is 14.4 Å². The molecule has 1 saturated carbocycles. The summed E-state index contributed by atoms with van der Waals surface area (Å²) < 4.78 is 28.3. The van der Waals surface area contributed by atoms with Crippen LogP contribution in [0.1, 0.15) is 74.1 Å². The van der Waals surface area contributed by atoms with Crippen LogP contribution in [0.15, 0.2) is 47.6 Å². The van der Waals surface area contributed by atoms with E-state index < -0.39 is 42.3 Å². The molecule has 3 aliphatic rings. The Morgan fingerprint density at radius 3 is 2.37 bits per heavy atom. The summed E-state index contributed by atoms with van der Waals surface area (Å²) in [6.07, 6.45) is 12.9. The maximum absolute atomic E-state index is 11.9. The number of rotatable bonds is 11. The first-order chi connectivity index (χ1) is 19.4. The Balaban J connectivity index is 1.66. The lowest BCUT2D eigenvalue weighted by Gasteiger charge is -2.39. The molecule has 2 aliphatic heterocycles. The lowest BCUT2D eigenvalue weighted by molar-refractivity contribution is -0.200. The van der Waals surface area contributed by atoms with Crippen molar-refractivity contribution in [2.75, 3.05) is 7.11 Å². The van der Waals surface area contributed by atoms with Crippen molar-refractivity contribution in [3.63, 3.8) is 0 Å². The molecule has 1 aliphatic carbocycles. The molecule has 0 amide bonds. The highest BCUT2D eigenvalue weighted by Gasteiger charge is 2.45. The number of methoxy groups -OCH3 is 1. The molecule has 0 aromatic carbocycles. The van der Waals surface area contributed by atoms with Crippen molar-refractivity contribution in [3.8, 4) is 0 Å². The van der Waals surface area contributed by atoms with Crippen LogP contribution in [0.3, 0.4) is 0 Å². The quantitative estimate of drug-likeness (QED) is 0.178. The molecule has 1 saturated heterocycles. The maximum atomic E-state index is 11.9. The van der Waals surface area contributed by atoms with E-state index in [0.29, 0.717) is 17.8 Å². The van der Waals surface area contributed by atoms with Crippen LogP contribution in [0.4, 0.5) is 0 Å². The summed E-state index contributed by atoms with van der Waals surface area (Å²) in [6, 6.07) is 0. The third-order valence-corrected chi connectivity index (χ3v) is 8.35.